The number of hydrogen-bond acceptors (Lipinski definition) is 5. The highest BCUT2D eigenvalue weighted by molar-refractivity contribution is 7.90. The quantitative estimate of drug-likeness (QED) is 0.663. The van der Waals surface area contributed by atoms with E-state index in [1.165, 1.54) is 4.40 Å². The van der Waals surface area contributed by atoms with Crippen LogP contribution in [-0.2, 0) is 21.0 Å². The lowest BCUT2D eigenvalue weighted by atomic mass is 10.2. The summed E-state index contributed by atoms with van der Waals surface area (Å²) in [5, 5.41) is -0.173. The van der Waals surface area contributed by atoms with Crippen molar-refractivity contribution in [2.24, 2.45) is 0 Å². The molecule has 24 heavy (non-hydrogen) atoms. The number of benzene rings is 1. The Hall–Kier alpha value is -2.67. The number of rotatable bonds is 5. The molecule has 0 bridgehead atoms. The molecular weight excluding hydrogens is 328 g/mol. The molecular formula is C17H16N2O4S. The number of aromatic nitrogens is 2. The molecule has 3 aromatic rings. The van der Waals surface area contributed by atoms with Crippen LogP contribution in [0.4, 0.5) is 0 Å². The summed E-state index contributed by atoms with van der Waals surface area (Å²) in [5.74, 6) is -0.635. The number of fused-ring (bicyclic) bond motifs is 1. The molecule has 0 atom stereocenters. The topological polar surface area (TPSA) is 77.7 Å². The number of carbonyl (C=O) groups excluding carboxylic acids is 1. The van der Waals surface area contributed by atoms with E-state index in [-0.39, 0.29) is 17.5 Å². The molecule has 7 heteroatoms. The lowest BCUT2D eigenvalue weighted by molar-refractivity contribution is 0.0505. The summed E-state index contributed by atoms with van der Waals surface area (Å²) in [5.41, 5.74) is 1.46. The molecule has 2 aromatic heterocycles. The van der Waals surface area contributed by atoms with E-state index >= 15 is 0 Å². The molecule has 124 valence electrons. The Morgan fingerprint density at radius 3 is 2.54 bits per heavy atom. The third-order valence-electron chi connectivity index (χ3n) is 3.51. The highest BCUT2D eigenvalue weighted by atomic mass is 32.2. The van der Waals surface area contributed by atoms with Gasteiger partial charge in [-0.3, -0.25) is 4.40 Å². The van der Waals surface area contributed by atoms with Gasteiger partial charge in [0.25, 0.3) is 0 Å². The van der Waals surface area contributed by atoms with Gasteiger partial charge in [0.05, 0.1) is 12.1 Å². The average molecular weight is 344 g/mol. The number of sulfone groups is 1. The summed E-state index contributed by atoms with van der Waals surface area (Å²) < 4.78 is 30.3. The second kappa shape index (κ2) is 6.45. The second-order valence-corrected chi connectivity index (χ2v) is 7.25. The van der Waals surface area contributed by atoms with Crippen LogP contribution in [0.3, 0.4) is 0 Å². The fourth-order valence-electron chi connectivity index (χ4n) is 2.40. The minimum Gasteiger partial charge on any atom is -0.461 e. The molecule has 0 aliphatic carbocycles. The molecule has 0 aliphatic rings. The Morgan fingerprint density at radius 1 is 1.12 bits per heavy atom. The predicted molar refractivity (Wildman–Crippen MR) is 88.7 cm³/mol. The van der Waals surface area contributed by atoms with Crippen molar-refractivity contribution in [3.05, 3.63) is 66.0 Å². The molecule has 1 aromatic carbocycles. The van der Waals surface area contributed by atoms with Gasteiger partial charge in [0, 0.05) is 18.9 Å². The number of hydrogen-bond donors (Lipinski definition) is 0. The van der Waals surface area contributed by atoms with Gasteiger partial charge in [0.2, 0.25) is 15.0 Å². The Labute approximate surface area is 139 Å². The van der Waals surface area contributed by atoms with Crippen LogP contribution in [0.25, 0.3) is 5.52 Å². The lowest BCUT2D eigenvalue weighted by Crippen LogP contribution is -2.09. The van der Waals surface area contributed by atoms with E-state index in [1.54, 1.807) is 24.4 Å². The van der Waals surface area contributed by atoms with Gasteiger partial charge in [0.1, 0.15) is 0 Å². The van der Waals surface area contributed by atoms with E-state index in [4.69, 9.17) is 4.74 Å². The van der Waals surface area contributed by atoms with Gasteiger partial charge in [-0.25, -0.2) is 18.2 Å². The van der Waals surface area contributed by atoms with Crippen molar-refractivity contribution in [1.29, 1.82) is 0 Å². The number of esters is 1. The zero-order valence-electron chi connectivity index (χ0n) is 13.0. The zero-order chi connectivity index (χ0) is 17.2. The monoisotopic (exact) mass is 344 g/mol. The maximum atomic E-state index is 12.3. The highest BCUT2D eigenvalue weighted by Crippen LogP contribution is 2.17. The standard InChI is InChI=1S/C17H16N2O4S/c1-24(21,22)17-18-15(14-9-5-6-11-19(14)17)16(20)23-12-10-13-7-3-2-4-8-13/h2-9,11H,10,12H2,1H3. The summed E-state index contributed by atoms with van der Waals surface area (Å²) in [6, 6.07) is 14.7. The first-order valence-corrected chi connectivity index (χ1v) is 9.24. The van der Waals surface area contributed by atoms with E-state index < -0.39 is 15.8 Å². The van der Waals surface area contributed by atoms with Crippen molar-refractivity contribution in [1.82, 2.24) is 9.38 Å². The molecule has 3 rings (SSSR count). The molecule has 2 heterocycles. The molecule has 0 amide bonds. The van der Waals surface area contributed by atoms with Gasteiger partial charge in [-0.05, 0) is 17.7 Å². The zero-order valence-corrected chi connectivity index (χ0v) is 13.9. The van der Waals surface area contributed by atoms with Gasteiger partial charge in [-0.15, -0.1) is 0 Å². The van der Waals surface area contributed by atoms with Crippen molar-refractivity contribution in [3.8, 4) is 0 Å². The Kier molecular flexibility index (Phi) is 4.35. The fraction of sp³-hybridized carbons (Fsp3) is 0.176. The number of ether oxygens (including phenoxy) is 1. The first kappa shape index (κ1) is 16.2. The molecule has 0 saturated heterocycles. The van der Waals surface area contributed by atoms with E-state index in [0.717, 1.165) is 11.8 Å². The molecule has 0 fully saturated rings. The van der Waals surface area contributed by atoms with Crippen LogP contribution in [0.2, 0.25) is 0 Å². The third kappa shape index (κ3) is 3.30. The maximum absolute atomic E-state index is 12.3. The number of imidazole rings is 1. The summed E-state index contributed by atoms with van der Waals surface area (Å²) in [6.45, 7) is 0.197. The van der Waals surface area contributed by atoms with E-state index in [9.17, 15) is 13.2 Å². The minimum atomic E-state index is -3.56. The smallest absolute Gasteiger partial charge is 0.359 e. The van der Waals surface area contributed by atoms with Crippen LogP contribution >= 0.6 is 0 Å². The van der Waals surface area contributed by atoms with E-state index in [1.807, 2.05) is 30.3 Å². The predicted octanol–water partition coefficient (Wildman–Crippen LogP) is 2.14. The van der Waals surface area contributed by atoms with Gasteiger partial charge in [0.15, 0.2) is 5.69 Å². The van der Waals surface area contributed by atoms with Crippen molar-refractivity contribution in [3.63, 3.8) is 0 Å². The molecule has 0 saturated carbocycles. The molecule has 6 nitrogen and oxygen atoms in total. The van der Waals surface area contributed by atoms with Crippen LogP contribution in [0.5, 0.6) is 0 Å². The largest absolute Gasteiger partial charge is 0.461 e. The van der Waals surface area contributed by atoms with Crippen LogP contribution in [-0.4, -0.2) is 36.6 Å². The Morgan fingerprint density at radius 2 is 1.83 bits per heavy atom. The normalized spacial score (nSPS) is 11.5. The summed E-state index contributed by atoms with van der Waals surface area (Å²) in [7, 11) is -3.56. The Bertz CT molecular complexity index is 978. The summed E-state index contributed by atoms with van der Waals surface area (Å²) >= 11 is 0. The van der Waals surface area contributed by atoms with Crippen molar-refractivity contribution in [2.75, 3.05) is 12.9 Å². The van der Waals surface area contributed by atoms with Gasteiger partial charge < -0.3 is 4.74 Å². The van der Waals surface area contributed by atoms with Gasteiger partial charge in [-0.2, -0.15) is 0 Å². The minimum absolute atomic E-state index is 0.00378. The second-order valence-electron chi connectivity index (χ2n) is 5.34. The third-order valence-corrected chi connectivity index (χ3v) is 4.46. The van der Waals surface area contributed by atoms with Crippen LogP contribution in [0.15, 0.2) is 59.9 Å². The first-order chi connectivity index (χ1) is 11.5. The van der Waals surface area contributed by atoms with Crippen LogP contribution in [0.1, 0.15) is 16.1 Å². The summed E-state index contributed by atoms with van der Waals surface area (Å²) in [4.78, 5) is 16.3. The molecule has 0 radical (unpaired) electrons. The van der Waals surface area contributed by atoms with E-state index in [2.05, 4.69) is 4.98 Å². The number of pyridine rings is 1. The van der Waals surface area contributed by atoms with Crippen LogP contribution in [0, 0.1) is 0 Å². The highest BCUT2D eigenvalue weighted by Gasteiger charge is 2.23. The molecule has 0 unspecified atom stereocenters. The maximum Gasteiger partial charge on any atom is 0.359 e. The lowest BCUT2D eigenvalue weighted by Gasteiger charge is -2.03. The van der Waals surface area contributed by atoms with E-state index in [0.29, 0.717) is 11.9 Å². The molecule has 0 aliphatic heterocycles. The first-order valence-electron chi connectivity index (χ1n) is 7.35. The Balaban J connectivity index is 1.82. The summed E-state index contributed by atoms with van der Waals surface area (Å²) in [6.07, 6.45) is 3.19. The van der Waals surface area contributed by atoms with Gasteiger partial charge >= 0.3 is 5.97 Å². The molecule has 0 spiro atoms. The molecule has 0 N–H and O–H groups in total. The number of carbonyl (C=O) groups is 1. The van der Waals surface area contributed by atoms with Crippen molar-refractivity contribution in [2.45, 2.75) is 11.6 Å². The number of nitrogens with zero attached hydrogens (tertiary/aromatic N) is 2. The SMILES string of the molecule is CS(=O)(=O)c1nc(C(=O)OCCc2ccccc2)c2ccccn12. The van der Waals surface area contributed by atoms with Crippen LogP contribution < -0.4 is 0 Å². The fourth-order valence-corrected chi connectivity index (χ4v) is 3.17. The van der Waals surface area contributed by atoms with Gasteiger partial charge in [-0.1, -0.05) is 36.4 Å². The van der Waals surface area contributed by atoms with Crippen molar-refractivity contribution < 1.29 is 17.9 Å². The van der Waals surface area contributed by atoms with Crippen molar-refractivity contribution >= 4 is 21.3 Å². The average Bonchev–Trinajstić information content (AvgIpc) is 2.96.